The fourth-order valence-electron chi connectivity index (χ4n) is 4.02. The second-order valence-corrected chi connectivity index (χ2v) is 6.70. The summed E-state index contributed by atoms with van der Waals surface area (Å²) in [5.41, 5.74) is 5.89. The Morgan fingerprint density at radius 1 is 1.25 bits per heavy atom. The molecule has 1 aliphatic carbocycles. The van der Waals surface area contributed by atoms with Crippen molar-refractivity contribution in [2.75, 3.05) is 37.9 Å². The van der Waals surface area contributed by atoms with Gasteiger partial charge in [-0.05, 0) is 37.3 Å². The molecule has 24 heavy (non-hydrogen) atoms. The molecule has 0 bridgehead atoms. The summed E-state index contributed by atoms with van der Waals surface area (Å²) in [6.07, 6.45) is 3.56. The van der Waals surface area contributed by atoms with E-state index in [4.69, 9.17) is 14.7 Å². The van der Waals surface area contributed by atoms with E-state index in [1.165, 1.54) is 23.2 Å². The van der Waals surface area contributed by atoms with Crippen molar-refractivity contribution in [1.82, 2.24) is 15.3 Å². The Balaban J connectivity index is 1.77. The molecule has 2 unspecified atom stereocenters. The van der Waals surface area contributed by atoms with Crippen LogP contribution in [0.1, 0.15) is 23.2 Å². The number of rotatable bonds is 4. The van der Waals surface area contributed by atoms with Crippen LogP contribution in [-0.4, -0.2) is 49.4 Å². The number of methoxy groups -OCH3 is 1. The highest BCUT2D eigenvalue weighted by Gasteiger charge is 2.27. The van der Waals surface area contributed by atoms with Gasteiger partial charge in [-0.1, -0.05) is 0 Å². The van der Waals surface area contributed by atoms with Crippen LogP contribution in [-0.2, 0) is 17.6 Å². The fourth-order valence-corrected chi connectivity index (χ4v) is 4.02. The minimum absolute atomic E-state index is 0.162. The van der Waals surface area contributed by atoms with E-state index in [1.807, 2.05) is 7.05 Å². The van der Waals surface area contributed by atoms with E-state index in [0.29, 0.717) is 0 Å². The number of pyridine rings is 2. The smallest absolute Gasteiger partial charge is 0.164 e. The van der Waals surface area contributed by atoms with Gasteiger partial charge in [-0.25, -0.2) is 9.97 Å². The van der Waals surface area contributed by atoms with Crippen molar-refractivity contribution in [3.8, 4) is 0 Å². The van der Waals surface area contributed by atoms with E-state index >= 15 is 0 Å². The van der Waals surface area contributed by atoms with E-state index in [-0.39, 0.29) is 12.1 Å². The van der Waals surface area contributed by atoms with E-state index in [1.54, 1.807) is 7.11 Å². The average molecular weight is 327 g/mol. The maximum atomic E-state index is 5.54. The number of aromatic nitrogens is 2. The van der Waals surface area contributed by atoms with Gasteiger partial charge in [0, 0.05) is 50.1 Å². The molecule has 2 atom stereocenters. The molecule has 4 rings (SSSR count). The summed E-state index contributed by atoms with van der Waals surface area (Å²) in [5.74, 6) is 0.854. The number of aryl methyl sites for hydroxylation is 2. The van der Waals surface area contributed by atoms with Crippen LogP contribution in [0.15, 0.2) is 6.07 Å². The first kappa shape index (κ1) is 15.6. The standard InChI is InChI=1S/C18H25N5O/c1-10-11-5-4-6-12(11)22-18-17(10)13(19-2)7-16(23-18)21-14-8-20-9-15(14)24-3/h7,14-15,20H,4-6,8-9H2,1-3H3,(H2,19,21,22,23). The molecule has 0 spiro atoms. The molecule has 1 fully saturated rings. The molecule has 0 saturated carbocycles. The zero-order valence-electron chi connectivity index (χ0n) is 14.6. The lowest BCUT2D eigenvalue weighted by molar-refractivity contribution is 0.111. The third kappa shape index (κ3) is 2.50. The maximum Gasteiger partial charge on any atom is 0.164 e. The summed E-state index contributed by atoms with van der Waals surface area (Å²) in [6, 6.07) is 2.31. The molecular weight excluding hydrogens is 302 g/mol. The highest BCUT2D eigenvalue weighted by Crippen LogP contribution is 2.34. The number of ether oxygens (including phenoxy) is 1. The summed E-state index contributed by atoms with van der Waals surface area (Å²) in [5, 5.41) is 11.3. The number of hydrogen-bond donors (Lipinski definition) is 3. The number of fused-ring (bicyclic) bond motifs is 2. The Hall–Kier alpha value is -1.92. The molecular formula is C18H25N5O. The molecule has 2 aromatic heterocycles. The molecule has 1 saturated heterocycles. The Morgan fingerprint density at radius 2 is 2.12 bits per heavy atom. The van der Waals surface area contributed by atoms with Gasteiger partial charge in [0.2, 0.25) is 0 Å². The summed E-state index contributed by atoms with van der Waals surface area (Å²) in [4.78, 5) is 9.67. The predicted molar refractivity (Wildman–Crippen MR) is 96.9 cm³/mol. The topological polar surface area (TPSA) is 71.1 Å². The third-order valence-electron chi connectivity index (χ3n) is 5.32. The highest BCUT2D eigenvalue weighted by atomic mass is 16.5. The van der Waals surface area contributed by atoms with Gasteiger partial charge in [0.15, 0.2) is 5.65 Å². The van der Waals surface area contributed by atoms with Gasteiger partial charge < -0.3 is 20.7 Å². The number of hydrogen-bond acceptors (Lipinski definition) is 6. The van der Waals surface area contributed by atoms with Gasteiger partial charge in [0.25, 0.3) is 0 Å². The van der Waals surface area contributed by atoms with Gasteiger partial charge in [-0.3, -0.25) is 0 Å². The van der Waals surface area contributed by atoms with Crippen LogP contribution in [0.4, 0.5) is 11.5 Å². The van der Waals surface area contributed by atoms with E-state index in [0.717, 1.165) is 48.5 Å². The second kappa shape index (κ2) is 6.18. The summed E-state index contributed by atoms with van der Waals surface area (Å²) in [6.45, 7) is 3.95. The SMILES string of the molecule is CNc1cc(NC2CNCC2OC)nc2nc3c(c(C)c12)CCC3. The lowest BCUT2D eigenvalue weighted by atomic mass is 10.0. The maximum absolute atomic E-state index is 5.54. The molecule has 3 heterocycles. The first-order chi connectivity index (χ1) is 11.7. The van der Waals surface area contributed by atoms with E-state index in [9.17, 15) is 0 Å². The summed E-state index contributed by atoms with van der Waals surface area (Å²) in [7, 11) is 3.72. The molecule has 6 nitrogen and oxygen atoms in total. The van der Waals surface area contributed by atoms with Gasteiger partial charge in [-0.2, -0.15) is 0 Å². The van der Waals surface area contributed by atoms with Crippen LogP contribution in [0.3, 0.4) is 0 Å². The number of nitrogens with zero attached hydrogens (tertiary/aromatic N) is 2. The van der Waals surface area contributed by atoms with Crippen molar-refractivity contribution < 1.29 is 4.74 Å². The highest BCUT2D eigenvalue weighted by molar-refractivity contribution is 5.94. The first-order valence-electron chi connectivity index (χ1n) is 8.72. The molecule has 0 radical (unpaired) electrons. The molecule has 0 aromatic carbocycles. The minimum atomic E-state index is 0.162. The van der Waals surface area contributed by atoms with Crippen LogP contribution in [0.5, 0.6) is 0 Å². The van der Waals surface area contributed by atoms with Crippen LogP contribution < -0.4 is 16.0 Å². The molecule has 1 aliphatic heterocycles. The Bertz CT molecular complexity index is 776. The third-order valence-corrected chi connectivity index (χ3v) is 5.32. The quantitative estimate of drug-likeness (QED) is 0.796. The summed E-state index contributed by atoms with van der Waals surface area (Å²) >= 11 is 0. The number of nitrogens with one attached hydrogen (secondary N) is 3. The molecule has 3 N–H and O–H groups in total. The van der Waals surface area contributed by atoms with Crippen LogP contribution in [0, 0.1) is 6.92 Å². The molecule has 128 valence electrons. The van der Waals surface area contributed by atoms with Crippen LogP contribution in [0.25, 0.3) is 11.0 Å². The van der Waals surface area contributed by atoms with Crippen molar-refractivity contribution in [3.05, 3.63) is 22.9 Å². The van der Waals surface area contributed by atoms with Crippen molar-refractivity contribution in [3.63, 3.8) is 0 Å². The molecule has 6 heteroatoms. The number of anilines is 2. The zero-order chi connectivity index (χ0) is 16.7. The Labute approximate surface area is 142 Å². The first-order valence-corrected chi connectivity index (χ1v) is 8.72. The van der Waals surface area contributed by atoms with Crippen molar-refractivity contribution in [2.45, 2.75) is 38.3 Å². The average Bonchev–Trinajstić information content (AvgIpc) is 3.23. The van der Waals surface area contributed by atoms with Crippen molar-refractivity contribution in [1.29, 1.82) is 0 Å². The van der Waals surface area contributed by atoms with E-state index < -0.39 is 0 Å². The monoisotopic (exact) mass is 327 g/mol. The Kier molecular flexibility index (Phi) is 4.02. The van der Waals surface area contributed by atoms with Crippen LogP contribution >= 0.6 is 0 Å². The minimum Gasteiger partial charge on any atom is -0.387 e. The van der Waals surface area contributed by atoms with Crippen molar-refractivity contribution in [2.24, 2.45) is 0 Å². The van der Waals surface area contributed by atoms with Gasteiger partial charge in [0.05, 0.1) is 12.1 Å². The van der Waals surface area contributed by atoms with Gasteiger partial charge in [0.1, 0.15) is 5.82 Å². The molecule has 0 amide bonds. The Morgan fingerprint density at radius 3 is 2.92 bits per heavy atom. The lowest BCUT2D eigenvalue weighted by Gasteiger charge is -2.20. The largest absolute Gasteiger partial charge is 0.387 e. The second-order valence-electron chi connectivity index (χ2n) is 6.70. The molecule has 2 aromatic rings. The fraction of sp³-hybridized carbons (Fsp3) is 0.556. The lowest BCUT2D eigenvalue weighted by Crippen LogP contribution is -2.33. The van der Waals surface area contributed by atoms with Crippen LogP contribution in [0.2, 0.25) is 0 Å². The molecule has 2 aliphatic rings. The van der Waals surface area contributed by atoms with Crippen molar-refractivity contribution >= 4 is 22.5 Å². The summed E-state index contributed by atoms with van der Waals surface area (Å²) < 4.78 is 5.54. The van der Waals surface area contributed by atoms with E-state index in [2.05, 4.69) is 28.9 Å². The normalized spacial score (nSPS) is 22.8. The predicted octanol–water partition coefficient (Wildman–Crippen LogP) is 1.87. The zero-order valence-corrected chi connectivity index (χ0v) is 14.6. The van der Waals surface area contributed by atoms with Gasteiger partial charge in [-0.15, -0.1) is 0 Å². The van der Waals surface area contributed by atoms with Gasteiger partial charge >= 0.3 is 0 Å².